The van der Waals surface area contributed by atoms with Crippen molar-refractivity contribution < 1.29 is 0 Å². The molecule has 0 aliphatic heterocycles. The van der Waals surface area contributed by atoms with Crippen LogP contribution in [0.3, 0.4) is 0 Å². The van der Waals surface area contributed by atoms with Gasteiger partial charge in [0, 0.05) is 27.9 Å². The molecule has 0 N–H and O–H groups in total. The highest BCUT2D eigenvalue weighted by atomic mass is 15.1. The lowest BCUT2D eigenvalue weighted by Gasteiger charge is -2.38. The van der Waals surface area contributed by atoms with Gasteiger partial charge >= 0.3 is 0 Å². The number of rotatable bonds is 7. The van der Waals surface area contributed by atoms with Crippen LogP contribution in [0, 0.1) is 0 Å². The summed E-state index contributed by atoms with van der Waals surface area (Å²) in [6, 6.07) is 81.6. The molecule has 2 aliphatic carbocycles. The Morgan fingerprint density at radius 3 is 1.41 bits per heavy atom. The number of hydrogen-bond acceptors (Lipinski definition) is 3. The molecule has 0 saturated heterocycles. The molecule has 0 bridgehead atoms. The van der Waals surface area contributed by atoms with Crippen LogP contribution < -0.4 is 4.90 Å². The van der Waals surface area contributed by atoms with Crippen molar-refractivity contribution in [2.45, 2.75) is 24.7 Å². The summed E-state index contributed by atoms with van der Waals surface area (Å²) < 4.78 is 0. The van der Waals surface area contributed by atoms with Gasteiger partial charge in [0.1, 0.15) is 0 Å². The normalized spacial score (nSPS) is 13.8. The Morgan fingerprint density at radius 1 is 0.349 bits per heavy atom. The van der Waals surface area contributed by atoms with E-state index in [0.717, 1.165) is 50.6 Å². The Morgan fingerprint density at radius 2 is 0.794 bits per heavy atom. The van der Waals surface area contributed by atoms with Crippen molar-refractivity contribution in [1.29, 1.82) is 0 Å². The zero-order valence-corrected chi connectivity index (χ0v) is 35.2. The minimum absolute atomic E-state index is 0.110. The zero-order valence-electron chi connectivity index (χ0n) is 35.2. The molecule has 0 unspecified atom stereocenters. The van der Waals surface area contributed by atoms with Crippen molar-refractivity contribution in [3.05, 3.63) is 258 Å². The van der Waals surface area contributed by atoms with E-state index in [0.29, 0.717) is 0 Å². The smallest absolute Gasteiger partial charge is 0.0973 e. The molecule has 9 aromatic carbocycles. The number of anilines is 3. The van der Waals surface area contributed by atoms with Crippen molar-refractivity contribution >= 4 is 28.1 Å². The Bertz CT molecular complexity index is 3320. The third-order valence-corrected chi connectivity index (χ3v) is 13.6. The summed E-state index contributed by atoms with van der Waals surface area (Å²) in [5, 5.41) is 0. The summed E-state index contributed by atoms with van der Waals surface area (Å²) in [6.07, 6.45) is 0. The van der Waals surface area contributed by atoms with E-state index >= 15 is 0 Å². The van der Waals surface area contributed by atoms with Crippen LogP contribution in [0.25, 0.3) is 55.8 Å². The van der Waals surface area contributed by atoms with Crippen molar-refractivity contribution in [2.24, 2.45) is 0 Å². The lowest BCUT2D eigenvalue weighted by atomic mass is 9.67. The molecule has 0 fully saturated rings. The summed E-state index contributed by atoms with van der Waals surface area (Å²) in [7, 11) is 0. The molecule has 3 nitrogen and oxygen atoms in total. The van der Waals surface area contributed by atoms with Gasteiger partial charge in [-0.1, -0.05) is 196 Å². The highest BCUT2D eigenvalue weighted by Crippen LogP contribution is 2.59. The fraction of sp³-hybridized carbons (Fsp3) is 0.0667. The molecule has 0 spiro atoms. The standard InChI is InChI=1S/C60H43N3/c1-59(2)49-26-12-9-25-47(49)48-39-44(37-38-50(48)59)63(43-35-33-41(34-36-43)58-57(40-19-5-3-6-20-40)61-54-30-16-17-31-55(54)62-58)56-32-18-15-29-53(56)60(42-21-7-4-8-22-42)51-27-13-10-23-45(51)46-24-11-14-28-52(46)60/h3-39H,1-2H3. The van der Waals surface area contributed by atoms with Gasteiger partial charge in [0.2, 0.25) is 0 Å². The Labute approximate surface area is 368 Å². The van der Waals surface area contributed by atoms with E-state index in [2.05, 4.69) is 213 Å². The second kappa shape index (κ2) is 14.4. The molecule has 3 heteroatoms. The third kappa shape index (κ3) is 5.59. The summed E-state index contributed by atoms with van der Waals surface area (Å²) in [6.45, 7) is 4.70. The largest absolute Gasteiger partial charge is 0.310 e. The van der Waals surface area contributed by atoms with E-state index in [1.54, 1.807) is 0 Å². The molecule has 10 aromatic rings. The minimum atomic E-state index is -0.597. The van der Waals surface area contributed by atoms with Crippen molar-refractivity contribution in [1.82, 2.24) is 9.97 Å². The first kappa shape index (κ1) is 36.9. The topological polar surface area (TPSA) is 29.0 Å². The first-order valence-electron chi connectivity index (χ1n) is 21.8. The molecule has 1 aromatic heterocycles. The van der Waals surface area contributed by atoms with Crippen LogP contribution in [0.1, 0.15) is 47.2 Å². The molecular weight excluding hydrogens is 763 g/mol. The van der Waals surface area contributed by atoms with Crippen LogP contribution in [0.15, 0.2) is 224 Å². The summed E-state index contributed by atoms with van der Waals surface area (Å²) in [5.41, 5.74) is 20.9. The SMILES string of the molecule is CC1(C)c2ccccc2-c2cc(N(c3ccc(-c4nc5ccccc5nc4-c4ccccc4)cc3)c3ccccc3C3(c4ccccc4)c4ccccc4-c4ccccc43)ccc21. The number of aromatic nitrogens is 2. The highest BCUT2D eigenvalue weighted by molar-refractivity contribution is 5.93. The average Bonchev–Trinajstić information content (AvgIpc) is 3.77. The van der Waals surface area contributed by atoms with Gasteiger partial charge in [0.25, 0.3) is 0 Å². The third-order valence-electron chi connectivity index (χ3n) is 13.6. The fourth-order valence-corrected chi connectivity index (χ4v) is 10.7. The second-order valence-electron chi connectivity index (χ2n) is 17.3. The minimum Gasteiger partial charge on any atom is -0.310 e. The van der Waals surface area contributed by atoms with Gasteiger partial charge in [-0.3, -0.25) is 0 Å². The van der Waals surface area contributed by atoms with E-state index in [1.807, 2.05) is 30.3 Å². The fourth-order valence-electron chi connectivity index (χ4n) is 10.7. The van der Waals surface area contributed by atoms with Gasteiger partial charge in [-0.2, -0.15) is 0 Å². The number of nitrogens with zero attached hydrogens (tertiary/aromatic N) is 3. The van der Waals surface area contributed by atoms with Crippen molar-refractivity contribution in [3.8, 4) is 44.8 Å². The zero-order chi connectivity index (χ0) is 42.1. The molecule has 1 heterocycles. The second-order valence-corrected chi connectivity index (χ2v) is 17.3. The maximum Gasteiger partial charge on any atom is 0.0973 e. The van der Waals surface area contributed by atoms with Crippen LogP contribution in [-0.4, -0.2) is 9.97 Å². The first-order valence-corrected chi connectivity index (χ1v) is 21.8. The van der Waals surface area contributed by atoms with Crippen LogP contribution in [0.2, 0.25) is 0 Å². The Balaban J connectivity index is 1.11. The van der Waals surface area contributed by atoms with Gasteiger partial charge in [0.05, 0.1) is 33.5 Å². The summed E-state index contributed by atoms with van der Waals surface area (Å²) >= 11 is 0. The molecule has 0 amide bonds. The predicted octanol–water partition coefficient (Wildman–Crippen LogP) is 15.1. The van der Waals surface area contributed by atoms with Gasteiger partial charge < -0.3 is 4.90 Å². The van der Waals surface area contributed by atoms with E-state index in [1.165, 1.54) is 55.6 Å². The molecule has 2 aliphatic rings. The lowest BCUT2D eigenvalue weighted by molar-refractivity contribution is 0.660. The summed E-state index contributed by atoms with van der Waals surface area (Å²) in [5.74, 6) is 0. The van der Waals surface area contributed by atoms with E-state index in [-0.39, 0.29) is 5.41 Å². The molecule has 0 saturated carbocycles. The summed E-state index contributed by atoms with van der Waals surface area (Å²) in [4.78, 5) is 12.9. The molecule has 0 radical (unpaired) electrons. The van der Waals surface area contributed by atoms with Gasteiger partial charge in [-0.15, -0.1) is 0 Å². The lowest BCUT2D eigenvalue weighted by Crippen LogP contribution is -2.30. The molecule has 298 valence electrons. The van der Waals surface area contributed by atoms with Crippen molar-refractivity contribution in [2.75, 3.05) is 4.90 Å². The van der Waals surface area contributed by atoms with Crippen LogP contribution in [-0.2, 0) is 10.8 Å². The van der Waals surface area contributed by atoms with E-state index < -0.39 is 5.41 Å². The van der Waals surface area contributed by atoms with Gasteiger partial charge in [0.15, 0.2) is 0 Å². The maximum absolute atomic E-state index is 5.26. The number of fused-ring (bicyclic) bond motifs is 7. The Hall–Kier alpha value is -7.88. The van der Waals surface area contributed by atoms with E-state index in [4.69, 9.17) is 9.97 Å². The maximum atomic E-state index is 5.26. The van der Waals surface area contributed by atoms with Gasteiger partial charge in [-0.25, -0.2) is 9.97 Å². The molecule has 63 heavy (non-hydrogen) atoms. The monoisotopic (exact) mass is 805 g/mol. The predicted molar refractivity (Wildman–Crippen MR) is 260 cm³/mol. The molecule has 0 atom stereocenters. The number of hydrogen-bond donors (Lipinski definition) is 0. The molecular formula is C60H43N3. The quantitative estimate of drug-likeness (QED) is 0.161. The average molecular weight is 806 g/mol. The van der Waals surface area contributed by atoms with Crippen molar-refractivity contribution in [3.63, 3.8) is 0 Å². The highest BCUT2D eigenvalue weighted by Gasteiger charge is 2.47. The van der Waals surface area contributed by atoms with E-state index in [9.17, 15) is 0 Å². The van der Waals surface area contributed by atoms with Crippen LogP contribution >= 0.6 is 0 Å². The number of para-hydroxylation sites is 3. The van der Waals surface area contributed by atoms with Crippen LogP contribution in [0.4, 0.5) is 17.1 Å². The molecule has 12 rings (SSSR count). The van der Waals surface area contributed by atoms with Crippen LogP contribution in [0.5, 0.6) is 0 Å². The first-order chi connectivity index (χ1) is 31.0. The Kier molecular flexibility index (Phi) is 8.42. The number of benzene rings is 9. The van der Waals surface area contributed by atoms with Gasteiger partial charge in [-0.05, 0) is 98.1 Å².